The number of nitro groups is 1. The Morgan fingerprint density at radius 2 is 1.85 bits per heavy atom. The number of amides is 1. The van der Waals surface area contributed by atoms with E-state index in [0.717, 1.165) is 4.90 Å². The number of carbonyl (C=O) groups excluding carboxylic acids is 2. The molecule has 3 aromatic rings. The summed E-state index contributed by atoms with van der Waals surface area (Å²) in [5.74, 6) is -1.11. The summed E-state index contributed by atoms with van der Waals surface area (Å²) >= 11 is 0. The molecule has 2 aromatic carbocycles. The first kappa shape index (κ1) is 21.8. The van der Waals surface area contributed by atoms with Crippen molar-refractivity contribution in [2.24, 2.45) is 0 Å². The zero-order valence-electron chi connectivity index (χ0n) is 17.7. The highest BCUT2D eigenvalue weighted by Crippen LogP contribution is 2.42. The number of hydrogen-bond donors (Lipinski definition) is 1. The summed E-state index contributed by atoms with van der Waals surface area (Å²) < 4.78 is 10.5. The molecule has 10 heteroatoms. The number of aryl methyl sites for hydroxylation is 1. The second-order valence-corrected chi connectivity index (χ2v) is 7.27. The molecule has 1 atom stereocenters. The van der Waals surface area contributed by atoms with Gasteiger partial charge in [-0.05, 0) is 55.8 Å². The van der Waals surface area contributed by atoms with Gasteiger partial charge in [0.05, 0.1) is 23.1 Å². The molecule has 1 fully saturated rings. The van der Waals surface area contributed by atoms with Crippen molar-refractivity contribution in [1.82, 2.24) is 5.16 Å². The summed E-state index contributed by atoms with van der Waals surface area (Å²) in [7, 11) is 0. The van der Waals surface area contributed by atoms with E-state index in [1.54, 1.807) is 31.2 Å². The molecule has 10 nitrogen and oxygen atoms in total. The first-order valence-corrected chi connectivity index (χ1v) is 10.0. The molecule has 2 heterocycles. The molecule has 1 amide bonds. The number of benzene rings is 2. The van der Waals surface area contributed by atoms with Crippen molar-refractivity contribution < 1.29 is 28.9 Å². The molecule has 1 N–H and O–H groups in total. The van der Waals surface area contributed by atoms with Crippen LogP contribution in [0.3, 0.4) is 0 Å². The zero-order chi connectivity index (χ0) is 23.7. The van der Waals surface area contributed by atoms with E-state index in [9.17, 15) is 24.8 Å². The summed E-state index contributed by atoms with van der Waals surface area (Å²) in [5.41, 5.74) is 0.366. The normalized spacial score (nSPS) is 17.4. The first-order chi connectivity index (χ1) is 15.8. The van der Waals surface area contributed by atoms with Crippen molar-refractivity contribution >= 4 is 29.0 Å². The highest BCUT2D eigenvalue weighted by atomic mass is 16.6. The Labute approximate surface area is 187 Å². The second kappa shape index (κ2) is 8.58. The molecule has 0 radical (unpaired) electrons. The van der Waals surface area contributed by atoms with E-state index in [0.29, 0.717) is 29.2 Å². The lowest BCUT2D eigenvalue weighted by Crippen LogP contribution is -2.29. The van der Waals surface area contributed by atoms with Crippen LogP contribution in [-0.4, -0.2) is 33.5 Å². The number of non-ortho nitro benzene ring substituents is 1. The SMILES string of the molecule is CCOc1ccc(C(O)=C2C(=O)C(=O)N(c3cc(C)on3)C2c2ccc([N+](=O)[O-])cc2)cc1. The minimum absolute atomic E-state index is 0.0868. The fourth-order valence-electron chi connectivity index (χ4n) is 3.66. The average Bonchev–Trinajstić information content (AvgIpc) is 3.34. The van der Waals surface area contributed by atoms with Gasteiger partial charge < -0.3 is 14.4 Å². The van der Waals surface area contributed by atoms with Gasteiger partial charge in [-0.1, -0.05) is 5.16 Å². The van der Waals surface area contributed by atoms with E-state index >= 15 is 0 Å². The van der Waals surface area contributed by atoms with Gasteiger partial charge in [0, 0.05) is 23.8 Å². The summed E-state index contributed by atoms with van der Waals surface area (Å²) in [6.45, 7) is 3.94. The van der Waals surface area contributed by atoms with Crippen LogP contribution in [0.2, 0.25) is 0 Å². The largest absolute Gasteiger partial charge is 0.507 e. The topological polar surface area (TPSA) is 136 Å². The molecule has 168 valence electrons. The molecule has 33 heavy (non-hydrogen) atoms. The van der Waals surface area contributed by atoms with Crippen molar-refractivity contribution in [3.63, 3.8) is 0 Å². The predicted octanol–water partition coefficient (Wildman–Crippen LogP) is 3.92. The molecule has 1 aliphatic rings. The quantitative estimate of drug-likeness (QED) is 0.197. The number of ketones is 1. The maximum absolute atomic E-state index is 13.0. The number of anilines is 1. The molecular formula is C23H19N3O7. The Morgan fingerprint density at radius 3 is 2.39 bits per heavy atom. The molecule has 0 saturated carbocycles. The van der Waals surface area contributed by atoms with Crippen LogP contribution in [-0.2, 0) is 9.59 Å². The predicted molar refractivity (Wildman–Crippen MR) is 117 cm³/mol. The van der Waals surface area contributed by atoms with Gasteiger partial charge in [-0.15, -0.1) is 0 Å². The number of Topliss-reactive ketones (excluding diaryl/α,β-unsaturated/α-hetero) is 1. The van der Waals surface area contributed by atoms with Crippen LogP contribution in [0.1, 0.15) is 29.9 Å². The smallest absolute Gasteiger partial charge is 0.301 e. The fourth-order valence-corrected chi connectivity index (χ4v) is 3.66. The van der Waals surface area contributed by atoms with E-state index in [2.05, 4.69) is 5.16 Å². The van der Waals surface area contributed by atoms with Crippen LogP contribution in [0, 0.1) is 17.0 Å². The van der Waals surface area contributed by atoms with Gasteiger partial charge in [0.15, 0.2) is 5.82 Å². The number of nitro benzene ring substituents is 1. The average molecular weight is 449 g/mol. The monoisotopic (exact) mass is 449 g/mol. The van der Waals surface area contributed by atoms with Gasteiger partial charge in [0.2, 0.25) is 0 Å². The number of carbonyl (C=O) groups is 2. The summed E-state index contributed by atoms with van der Waals surface area (Å²) in [4.78, 5) is 37.6. The lowest BCUT2D eigenvalue weighted by Gasteiger charge is -2.22. The molecule has 1 saturated heterocycles. The Bertz CT molecular complexity index is 1260. The van der Waals surface area contributed by atoms with Gasteiger partial charge in [0.1, 0.15) is 17.3 Å². The lowest BCUT2D eigenvalue weighted by molar-refractivity contribution is -0.384. The number of nitrogens with zero attached hydrogens (tertiary/aromatic N) is 3. The van der Waals surface area contributed by atoms with Crippen molar-refractivity contribution in [3.8, 4) is 5.75 Å². The number of aromatic nitrogens is 1. The molecule has 0 bridgehead atoms. The Kier molecular flexibility index (Phi) is 5.65. The van der Waals surface area contributed by atoms with Gasteiger partial charge in [-0.3, -0.25) is 24.6 Å². The number of hydrogen-bond acceptors (Lipinski definition) is 8. The molecule has 0 aliphatic carbocycles. The van der Waals surface area contributed by atoms with Crippen LogP contribution in [0.4, 0.5) is 11.5 Å². The zero-order valence-corrected chi connectivity index (χ0v) is 17.7. The second-order valence-electron chi connectivity index (χ2n) is 7.27. The van der Waals surface area contributed by atoms with E-state index in [1.165, 1.54) is 30.3 Å². The van der Waals surface area contributed by atoms with E-state index < -0.39 is 22.7 Å². The maximum atomic E-state index is 13.0. The molecule has 1 aromatic heterocycles. The van der Waals surface area contributed by atoms with E-state index in [1.807, 2.05) is 6.92 Å². The van der Waals surface area contributed by atoms with Crippen molar-refractivity contribution in [3.05, 3.63) is 87.2 Å². The van der Waals surface area contributed by atoms with E-state index in [-0.39, 0.29) is 22.8 Å². The maximum Gasteiger partial charge on any atom is 0.301 e. The van der Waals surface area contributed by atoms with Crippen molar-refractivity contribution in [1.29, 1.82) is 0 Å². The molecular weight excluding hydrogens is 430 g/mol. The standard InChI is InChI=1S/C23H19N3O7/c1-3-32-17-10-6-15(7-11-17)21(27)19-20(14-4-8-16(9-5-14)26(30)31)25(23(29)22(19)28)18-12-13(2)33-24-18/h4-12,20,27H,3H2,1-2H3. The van der Waals surface area contributed by atoms with Gasteiger partial charge >= 0.3 is 5.91 Å². The fraction of sp³-hybridized carbons (Fsp3) is 0.174. The van der Waals surface area contributed by atoms with Crippen LogP contribution < -0.4 is 9.64 Å². The van der Waals surface area contributed by atoms with Gasteiger partial charge in [-0.2, -0.15) is 0 Å². The molecule has 1 unspecified atom stereocenters. The summed E-state index contributed by atoms with van der Waals surface area (Å²) in [6.07, 6.45) is 0. The minimum Gasteiger partial charge on any atom is -0.507 e. The van der Waals surface area contributed by atoms with Crippen molar-refractivity contribution in [2.45, 2.75) is 19.9 Å². The van der Waals surface area contributed by atoms with Crippen molar-refractivity contribution in [2.75, 3.05) is 11.5 Å². The van der Waals surface area contributed by atoms with Crippen LogP contribution in [0.25, 0.3) is 5.76 Å². The van der Waals surface area contributed by atoms with Crippen LogP contribution in [0.15, 0.2) is 64.7 Å². The molecule has 4 rings (SSSR count). The third kappa shape index (κ3) is 3.93. The Morgan fingerprint density at radius 1 is 1.18 bits per heavy atom. The number of aliphatic hydroxyl groups is 1. The number of rotatable bonds is 6. The third-order valence-electron chi connectivity index (χ3n) is 5.17. The van der Waals surface area contributed by atoms with Crippen LogP contribution in [0.5, 0.6) is 5.75 Å². The highest BCUT2D eigenvalue weighted by Gasteiger charge is 2.48. The number of aliphatic hydroxyl groups excluding tert-OH is 1. The summed E-state index contributed by atoms with van der Waals surface area (Å²) in [5, 5.41) is 26.0. The Hall–Kier alpha value is -4.47. The Balaban J connectivity index is 1.87. The van der Waals surface area contributed by atoms with Gasteiger partial charge in [-0.25, -0.2) is 0 Å². The summed E-state index contributed by atoms with van der Waals surface area (Å²) in [6, 6.07) is 12.2. The number of ether oxygens (including phenoxy) is 1. The van der Waals surface area contributed by atoms with Gasteiger partial charge in [0.25, 0.3) is 11.5 Å². The third-order valence-corrected chi connectivity index (χ3v) is 5.17. The molecule has 1 aliphatic heterocycles. The van der Waals surface area contributed by atoms with Crippen LogP contribution >= 0.6 is 0 Å². The lowest BCUT2D eigenvalue weighted by atomic mass is 9.95. The first-order valence-electron chi connectivity index (χ1n) is 10.0. The highest BCUT2D eigenvalue weighted by molar-refractivity contribution is 6.51. The molecule has 0 spiro atoms. The van der Waals surface area contributed by atoms with E-state index in [4.69, 9.17) is 9.26 Å². The minimum atomic E-state index is -1.07.